The maximum atomic E-state index is 10.5. The maximum absolute atomic E-state index is 10.5. The lowest BCUT2D eigenvalue weighted by Gasteiger charge is -2.31. The molecule has 1 unspecified atom stereocenters. The fourth-order valence-electron chi connectivity index (χ4n) is 3.12. The van der Waals surface area contributed by atoms with Gasteiger partial charge in [-0.3, -0.25) is 9.39 Å². The highest BCUT2D eigenvalue weighted by Gasteiger charge is 2.19. The summed E-state index contributed by atoms with van der Waals surface area (Å²) < 4.78 is 29.6. The van der Waals surface area contributed by atoms with Gasteiger partial charge >= 0.3 is 0 Å². The fraction of sp³-hybridized carbons (Fsp3) is 0.120. The van der Waals surface area contributed by atoms with Gasteiger partial charge in [0.2, 0.25) is 0 Å². The Bertz CT molecular complexity index is 1150. The first-order chi connectivity index (χ1) is 14.9. The van der Waals surface area contributed by atoms with Crippen LogP contribution in [0.5, 0.6) is 0 Å². The number of hydrogen-bond acceptors (Lipinski definition) is 4. The van der Waals surface area contributed by atoms with E-state index in [-0.39, 0.29) is 10.9 Å². The Balaban J connectivity index is 0.000000210. The molecule has 1 atom stereocenters. The van der Waals surface area contributed by atoms with Crippen LogP contribution in [0.4, 0.5) is 5.69 Å². The Hall–Kier alpha value is -3.19. The smallest absolute Gasteiger partial charge is 0.282 e. The zero-order chi connectivity index (χ0) is 22.3. The quantitative estimate of drug-likeness (QED) is 0.556. The SMILES string of the molecule is CON1c2ccccc2C=CC1C=Cc1ccccc1.Cc1ccc(S(=O)(=O)O)cc1. The van der Waals surface area contributed by atoms with E-state index < -0.39 is 10.1 Å². The van der Waals surface area contributed by atoms with Crippen LogP contribution in [0.25, 0.3) is 12.2 Å². The van der Waals surface area contributed by atoms with E-state index in [1.54, 1.807) is 19.2 Å². The second-order valence-electron chi connectivity index (χ2n) is 6.97. The Morgan fingerprint density at radius 1 is 0.935 bits per heavy atom. The van der Waals surface area contributed by atoms with E-state index >= 15 is 0 Å². The number of para-hydroxylation sites is 1. The van der Waals surface area contributed by atoms with Gasteiger partial charge in [-0.15, -0.1) is 0 Å². The zero-order valence-corrected chi connectivity index (χ0v) is 18.2. The van der Waals surface area contributed by atoms with Crippen molar-refractivity contribution in [2.24, 2.45) is 0 Å². The van der Waals surface area contributed by atoms with Crippen molar-refractivity contribution in [1.82, 2.24) is 0 Å². The molecule has 0 bridgehead atoms. The molecule has 0 amide bonds. The number of aryl methyl sites for hydroxylation is 1. The van der Waals surface area contributed by atoms with Gasteiger partial charge in [-0.25, -0.2) is 5.06 Å². The van der Waals surface area contributed by atoms with E-state index in [0.29, 0.717) is 0 Å². The van der Waals surface area contributed by atoms with E-state index in [1.165, 1.54) is 23.3 Å². The molecule has 1 N–H and O–H groups in total. The van der Waals surface area contributed by atoms with E-state index in [2.05, 4.69) is 48.6 Å². The summed E-state index contributed by atoms with van der Waals surface area (Å²) in [6, 6.07) is 24.6. The number of rotatable bonds is 4. The fourth-order valence-corrected chi connectivity index (χ4v) is 3.60. The second-order valence-corrected chi connectivity index (χ2v) is 8.40. The number of benzene rings is 3. The monoisotopic (exact) mass is 435 g/mol. The summed E-state index contributed by atoms with van der Waals surface area (Å²) in [6.45, 7) is 1.84. The first-order valence-corrected chi connectivity index (χ1v) is 11.2. The van der Waals surface area contributed by atoms with Crippen molar-refractivity contribution in [1.29, 1.82) is 0 Å². The summed E-state index contributed by atoms with van der Waals surface area (Å²) >= 11 is 0. The van der Waals surface area contributed by atoms with Gasteiger partial charge in [0.1, 0.15) is 0 Å². The third kappa shape index (κ3) is 6.15. The average Bonchev–Trinajstić information content (AvgIpc) is 2.78. The number of hydrogen-bond donors (Lipinski definition) is 1. The maximum Gasteiger partial charge on any atom is 0.294 e. The van der Waals surface area contributed by atoms with Crippen LogP contribution in [0.3, 0.4) is 0 Å². The molecule has 1 aliphatic heterocycles. The van der Waals surface area contributed by atoms with Gasteiger partial charge in [0.15, 0.2) is 0 Å². The molecule has 1 heterocycles. The summed E-state index contributed by atoms with van der Waals surface area (Å²) in [5, 5.41) is 1.93. The molecule has 0 saturated carbocycles. The summed E-state index contributed by atoms with van der Waals surface area (Å²) in [6.07, 6.45) is 8.55. The molecule has 0 aromatic heterocycles. The molecular formula is C25H25NO4S. The molecule has 160 valence electrons. The predicted octanol–water partition coefficient (Wildman–Crippen LogP) is 5.40. The molecule has 5 nitrogen and oxygen atoms in total. The van der Waals surface area contributed by atoms with Crippen molar-refractivity contribution < 1.29 is 17.8 Å². The molecule has 4 rings (SSSR count). The van der Waals surface area contributed by atoms with E-state index in [9.17, 15) is 8.42 Å². The molecule has 0 radical (unpaired) electrons. The molecule has 0 aliphatic carbocycles. The van der Waals surface area contributed by atoms with E-state index in [4.69, 9.17) is 9.39 Å². The minimum atomic E-state index is -4.02. The van der Waals surface area contributed by atoms with Crippen molar-refractivity contribution in [2.45, 2.75) is 17.9 Å². The summed E-state index contributed by atoms with van der Waals surface area (Å²) in [7, 11) is -2.31. The number of nitrogens with zero attached hydrogens (tertiary/aromatic N) is 1. The van der Waals surface area contributed by atoms with Gasteiger partial charge in [0, 0.05) is 0 Å². The van der Waals surface area contributed by atoms with Crippen molar-refractivity contribution in [3.8, 4) is 0 Å². The van der Waals surface area contributed by atoms with Crippen LogP contribution in [-0.4, -0.2) is 26.1 Å². The molecule has 31 heavy (non-hydrogen) atoms. The van der Waals surface area contributed by atoms with Crippen LogP contribution in [0.15, 0.2) is 95.9 Å². The summed E-state index contributed by atoms with van der Waals surface area (Å²) in [4.78, 5) is 5.48. The van der Waals surface area contributed by atoms with Crippen molar-refractivity contribution in [2.75, 3.05) is 12.2 Å². The van der Waals surface area contributed by atoms with Crippen LogP contribution < -0.4 is 5.06 Å². The largest absolute Gasteiger partial charge is 0.294 e. The Morgan fingerprint density at radius 2 is 1.58 bits per heavy atom. The average molecular weight is 436 g/mol. The normalized spacial score (nSPS) is 15.3. The van der Waals surface area contributed by atoms with Crippen molar-refractivity contribution >= 4 is 28.0 Å². The Kier molecular flexibility index (Phi) is 7.41. The van der Waals surface area contributed by atoms with E-state index in [1.807, 2.05) is 42.3 Å². The lowest BCUT2D eigenvalue weighted by atomic mass is 10.0. The predicted molar refractivity (Wildman–Crippen MR) is 125 cm³/mol. The van der Waals surface area contributed by atoms with E-state index in [0.717, 1.165) is 11.3 Å². The van der Waals surface area contributed by atoms with Crippen molar-refractivity contribution in [3.63, 3.8) is 0 Å². The highest BCUT2D eigenvalue weighted by molar-refractivity contribution is 7.85. The van der Waals surface area contributed by atoms with Crippen LogP contribution >= 0.6 is 0 Å². The molecule has 0 fully saturated rings. The Morgan fingerprint density at radius 3 is 2.23 bits per heavy atom. The zero-order valence-electron chi connectivity index (χ0n) is 17.4. The molecule has 0 saturated heterocycles. The second kappa shape index (κ2) is 10.2. The number of hydroxylamine groups is 1. The first-order valence-electron chi connectivity index (χ1n) is 9.76. The highest BCUT2D eigenvalue weighted by atomic mass is 32.2. The highest BCUT2D eigenvalue weighted by Crippen LogP contribution is 2.29. The lowest BCUT2D eigenvalue weighted by molar-refractivity contribution is 0.160. The third-order valence-corrected chi connectivity index (χ3v) is 5.59. The molecule has 1 aliphatic rings. The van der Waals surface area contributed by atoms with Gasteiger partial charge in [-0.2, -0.15) is 8.42 Å². The van der Waals surface area contributed by atoms with Gasteiger partial charge in [0.05, 0.1) is 23.7 Å². The van der Waals surface area contributed by atoms with Crippen LogP contribution in [0.1, 0.15) is 16.7 Å². The number of fused-ring (bicyclic) bond motifs is 1. The van der Waals surface area contributed by atoms with Gasteiger partial charge in [-0.1, -0.05) is 90.5 Å². The van der Waals surface area contributed by atoms with Gasteiger partial charge < -0.3 is 0 Å². The third-order valence-electron chi connectivity index (χ3n) is 4.72. The Labute approximate surface area is 183 Å². The molecule has 3 aromatic carbocycles. The lowest BCUT2D eigenvalue weighted by Crippen LogP contribution is -2.33. The molecule has 6 heteroatoms. The van der Waals surface area contributed by atoms with Gasteiger partial charge in [0.25, 0.3) is 10.1 Å². The molecule has 3 aromatic rings. The van der Waals surface area contributed by atoms with Crippen molar-refractivity contribution in [3.05, 3.63) is 108 Å². The van der Waals surface area contributed by atoms with Crippen LogP contribution in [-0.2, 0) is 15.0 Å². The first kappa shape index (κ1) is 22.5. The molecular weight excluding hydrogens is 410 g/mol. The topological polar surface area (TPSA) is 66.8 Å². The number of anilines is 1. The summed E-state index contributed by atoms with van der Waals surface area (Å²) in [5.41, 5.74) is 4.42. The van der Waals surface area contributed by atoms with Crippen LogP contribution in [0.2, 0.25) is 0 Å². The standard InChI is InChI=1S/C18H17NO.C7H8O3S/c1-20-19-17(13-11-15-7-3-2-4-8-15)14-12-16-9-5-6-10-18(16)19;1-6-2-4-7(5-3-6)11(8,9)10/h2-14,17H,1H3;2-5H,1H3,(H,8,9,10). The van der Waals surface area contributed by atoms with Crippen LogP contribution in [0, 0.1) is 6.92 Å². The minimum absolute atomic E-state index is 0.0666. The summed E-state index contributed by atoms with van der Waals surface area (Å²) in [5.74, 6) is 0. The van der Waals surface area contributed by atoms with Gasteiger partial charge in [-0.05, 0) is 36.2 Å². The molecule has 0 spiro atoms. The minimum Gasteiger partial charge on any atom is -0.282 e.